The summed E-state index contributed by atoms with van der Waals surface area (Å²) in [6, 6.07) is 7.65. The van der Waals surface area contributed by atoms with E-state index in [1.807, 2.05) is 43.3 Å². The second-order valence-electron chi connectivity index (χ2n) is 4.88. The first-order chi connectivity index (χ1) is 9.13. The van der Waals surface area contributed by atoms with E-state index in [0.29, 0.717) is 0 Å². The van der Waals surface area contributed by atoms with Gasteiger partial charge < -0.3 is 15.5 Å². The van der Waals surface area contributed by atoms with E-state index in [1.165, 1.54) is 19.3 Å². The van der Waals surface area contributed by atoms with Crippen molar-refractivity contribution in [3.63, 3.8) is 0 Å². The molecule has 1 rings (SSSR count). The summed E-state index contributed by atoms with van der Waals surface area (Å²) in [5.41, 5.74) is 1.93. The Bertz CT molecular complexity index is 373. The molecule has 1 aromatic carbocycles. The minimum Gasteiger partial charge on any atom is -0.378 e. The van der Waals surface area contributed by atoms with Gasteiger partial charge in [-0.25, -0.2) is 4.79 Å². The van der Waals surface area contributed by atoms with Gasteiger partial charge in [0.15, 0.2) is 0 Å². The minimum absolute atomic E-state index is 0.130. The maximum absolute atomic E-state index is 11.6. The summed E-state index contributed by atoms with van der Waals surface area (Å²) in [6.45, 7) is 2.92. The van der Waals surface area contributed by atoms with Crippen molar-refractivity contribution in [3.8, 4) is 0 Å². The Hall–Kier alpha value is -1.71. The maximum Gasteiger partial charge on any atom is 0.319 e. The number of nitrogens with one attached hydrogen (secondary N) is 2. The minimum atomic E-state index is -0.130. The van der Waals surface area contributed by atoms with Crippen molar-refractivity contribution in [2.45, 2.75) is 32.6 Å². The van der Waals surface area contributed by atoms with Crippen LogP contribution in [0, 0.1) is 0 Å². The van der Waals surface area contributed by atoms with Crippen LogP contribution in [0.1, 0.15) is 32.6 Å². The molecule has 0 atom stereocenters. The zero-order chi connectivity index (χ0) is 14.1. The zero-order valence-electron chi connectivity index (χ0n) is 12.2. The Balaban J connectivity index is 2.28. The molecule has 0 aromatic heterocycles. The first kappa shape index (κ1) is 15.3. The molecule has 4 nitrogen and oxygen atoms in total. The van der Waals surface area contributed by atoms with E-state index < -0.39 is 0 Å². The number of benzene rings is 1. The molecule has 0 aliphatic heterocycles. The van der Waals surface area contributed by atoms with Crippen molar-refractivity contribution in [2.24, 2.45) is 0 Å². The summed E-state index contributed by atoms with van der Waals surface area (Å²) >= 11 is 0. The summed E-state index contributed by atoms with van der Waals surface area (Å²) in [5.74, 6) is 0. The SMILES string of the molecule is CCCCCCNC(=O)Nc1ccc(N(C)C)cc1. The van der Waals surface area contributed by atoms with Gasteiger partial charge in [0.2, 0.25) is 0 Å². The number of amides is 2. The van der Waals surface area contributed by atoms with Crippen LogP contribution in [-0.4, -0.2) is 26.7 Å². The second kappa shape index (κ2) is 8.40. The van der Waals surface area contributed by atoms with E-state index >= 15 is 0 Å². The van der Waals surface area contributed by atoms with E-state index in [-0.39, 0.29) is 6.03 Å². The van der Waals surface area contributed by atoms with Crippen LogP contribution in [0.15, 0.2) is 24.3 Å². The van der Waals surface area contributed by atoms with Crippen LogP contribution in [0.3, 0.4) is 0 Å². The predicted molar refractivity (Wildman–Crippen MR) is 81.9 cm³/mol. The van der Waals surface area contributed by atoms with Crippen molar-refractivity contribution in [1.82, 2.24) is 5.32 Å². The van der Waals surface area contributed by atoms with E-state index in [1.54, 1.807) is 0 Å². The van der Waals surface area contributed by atoms with E-state index in [4.69, 9.17) is 0 Å². The number of carbonyl (C=O) groups excluding carboxylic acids is 1. The van der Waals surface area contributed by atoms with Gasteiger partial charge in [0.05, 0.1) is 0 Å². The van der Waals surface area contributed by atoms with Crippen LogP contribution >= 0.6 is 0 Å². The molecule has 2 N–H and O–H groups in total. The molecule has 0 radical (unpaired) electrons. The summed E-state index contributed by atoms with van der Waals surface area (Å²) in [6.07, 6.45) is 4.66. The van der Waals surface area contributed by atoms with Gasteiger partial charge in [0.1, 0.15) is 0 Å². The first-order valence-electron chi connectivity index (χ1n) is 6.95. The zero-order valence-corrected chi connectivity index (χ0v) is 12.2. The Kier molecular flexibility index (Phi) is 6.79. The highest BCUT2D eigenvalue weighted by molar-refractivity contribution is 5.89. The molecule has 0 spiro atoms. The lowest BCUT2D eigenvalue weighted by Gasteiger charge is -2.13. The van der Waals surface area contributed by atoms with Gasteiger partial charge in [-0.1, -0.05) is 26.2 Å². The molecule has 0 aliphatic carbocycles. The van der Waals surface area contributed by atoms with Gasteiger partial charge in [-0.15, -0.1) is 0 Å². The first-order valence-corrected chi connectivity index (χ1v) is 6.95. The smallest absolute Gasteiger partial charge is 0.319 e. The molecule has 2 amide bonds. The van der Waals surface area contributed by atoms with Crippen molar-refractivity contribution in [3.05, 3.63) is 24.3 Å². The number of nitrogens with zero attached hydrogens (tertiary/aromatic N) is 1. The lowest BCUT2D eigenvalue weighted by Crippen LogP contribution is -2.29. The third-order valence-electron chi connectivity index (χ3n) is 2.96. The number of unbranched alkanes of at least 4 members (excludes halogenated alkanes) is 3. The van der Waals surface area contributed by atoms with E-state index in [0.717, 1.165) is 24.3 Å². The summed E-state index contributed by atoms with van der Waals surface area (Å²) in [7, 11) is 3.98. The van der Waals surface area contributed by atoms with Crippen LogP contribution in [0.2, 0.25) is 0 Å². The molecule has 0 saturated heterocycles. The van der Waals surface area contributed by atoms with Gasteiger partial charge in [-0.05, 0) is 30.7 Å². The average Bonchev–Trinajstić information content (AvgIpc) is 2.39. The fourth-order valence-corrected chi connectivity index (χ4v) is 1.77. The molecule has 1 aromatic rings. The highest BCUT2D eigenvalue weighted by Crippen LogP contribution is 2.15. The molecule has 4 heteroatoms. The van der Waals surface area contributed by atoms with Crippen LogP contribution in [-0.2, 0) is 0 Å². The Labute approximate surface area is 116 Å². The van der Waals surface area contributed by atoms with Crippen molar-refractivity contribution in [2.75, 3.05) is 30.9 Å². The van der Waals surface area contributed by atoms with E-state index in [2.05, 4.69) is 17.6 Å². The van der Waals surface area contributed by atoms with Crippen molar-refractivity contribution >= 4 is 17.4 Å². The van der Waals surface area contributed by atoms with Gasteiger partial charge in [-0.2, -0.15) is 0 Å². The summed E-state index contributed by atoms with van der Waals surface area (Å²) in [4.78, 5) is 13.7. The quantitative estimate of drug-likeness (QED) is 0.740. The van der Waals surface area contributed by atoms with E-state index in [9.17, 15) is 4.79 Å². The number of carbonyl (C=O) groups is 1. The largest absolute Gasteiger partial charge is 0.378 e. The molecular formula is C15H25N3O. The lowest BCUT2D eigenvalue weighted by atomic mass is 10.2. The second-order valence-corrected chi connectivity index (χ2v) is 4.88. The molecule has 0 aliphatic rings. The molecule has 0 heterocycles. The summed E-state index contributed by atoms with van der Waals surface area (Å²) in [5, 5.41) is 5.70. The van der Waals surface area contributed by atoms with Crippen LogP contribution in [0.25, 0.3) is 0 Å². The average molecular weight is 263 g/mol. The third kappa shape index (κ3) is 6.13. The molecule has 0 fully saturated rings. The van der Waals surface area contributed by atoms with Gasteiger partial charge in [0.25, 0.3) is 0 Å². The van der Waals surface area contributed by atoms with Crippen LogP contribution in [0.5, 0.6) is 0 Å². The topological polar surface area (TPSA) is 44.4 Å². The fourth-order valence-electron chi connectivity index (χ4n) is 1.77. The number of anilines is 2. The van der Waals surface area contributed by atoms with Gasteiger partial charge in [0, 0.05) is 32.0 Å². The Morgan fingerprint density at radius 1 is 1.11 bits per heavy atom. The molecule has 106 valence electrons. The number of rotatable bonds is 7. The highest BCUT2D eigenvalue weighted by atomic mass is 16.2. The van der Waals surface area contributed by atoms with Crippen molar-refractivity contribution < 1.29 is 4.79 Å². The molecule has 19 heavy (non-hydrogen) atoms. The molecule has 0 unspecified atom stereocenters. The lowest BCUT2D eigenvalue weighted by molar-refractivity contribution is 0.252. The Morgan fingerprint density at radius 2 is 1.79 bits per heavy atom. The number of hydrogen-bond donors (Lipinski definition) is 2. The van der Waals surface area contributed by atoms with Crippen LogP contribution < -0.4 is 15.5 Å². The van der Waals surface area contributed by atoms with Gasteiger partial charge >= 0.3 is 6.03 Å². The molecule has 0 saturated carbocycles. The molecular weight excluding hydrogens is 238 g/mol. The highest BCUT2D eigenvalue weighted by Gasteiger charge is 2.01. The third-order valence-corrected chi connectivity index (χ3v) is 2.96. The summed E-state index contributed by atoms with van der Waals surface area (Å²) < 4.78 is 0. The Morgan fingerprint density at radius 3 is 2.37 bits per heavy atom. The maximum atomic E-state index is 11.6. The normalized spacial score (nSPS) is 10.1. The monoisotopic (exact) mass is 263 g/mol. The number of hydrogen-bond acceptors (Lipinski definition) is 2. The molecule has 0 bridgehead atoms. The van der Waals surface area contributed by atoms with Crippen LogP contribution in [0.4, 0.5) is 16.2 Å². The predicted octanol–water partition coefficient (Wildman–Crippen LogP) is 3.45. The van der Waals surface area contributed by atoms with Gasteiger partial charge in [-0.3, -0.25) is 0 Å². The van der Waals surface area contributed by atoms with Crippen molar-refractivity contribution in [1.29, 1.82) is 0 Å². The fraction of sp³-hybridized carbons (Fsp3) is 0.533. The number of urea groups is 1. The standard InChI is InChI=1S/C15H25N3O/c1-4-5-6-7-12-16-15(19)17-13-8-10-14(11-9-13)18(2)3/h8-11H,4-7,12H2,1-3H3,(H2,16,17,19).